The van der Waals surface area contributed by atoms with Gasteiger partial charge in [-0.25, -0.2) is 0 Å². The largest absolute Gasteiger partial charge is 0.491 e. The smallest absolute Gasteiger partial charge is 0.322 e. The third kappa shape index (κ3) is 5.63. The van der Waals surface area contributed by atoms with Crippen molar-refractivity contribution in [3.63, 3.8) is 0 Å². The maximum Gasteiger partial charge on any atom is 0.322 e. The second-order valence-electron chi connectivity index (χ2n) is 4.13. The lowest BCUT2D eigenvalue weighted by Crippen LogP contribution is -2.23. The van der Waals surface area contributed by atoms with E-state index in [1.165, 1.54) is 6.07 Å². The first-order chi connectivity index (χ1) is 9.99. The fourth-order valence-corrected chi connectivity index (χ4v) is 2.98. The highest BCUT2D eigenvalue weighted by atomic mass is 79.9. The number of aliphatic hydroxyl groups excluding tert-OH is 1. The Labute approximate surface area is 139 Å². The number of halogens is 2. The molecule has 0 bridgehead atoms. The average Bonchev–Trinajstić information content (AvgIpc) is 2.47. The van der Waals surface area contributed by atoms with Crippen LogP contribution in [0.1, 0.15) is 18.1 Å². The number of aliphatic hydroxyl groups is 1. The van der Waals surface area contributed by atoms with Crippen LogP contribution in [0.5, 0.6) is 5.75 Å². The van der Waals surface area contributed by atoms with Gasteiger partial charge in [0, 0.05) is 13.1 Å². The topological polar surface area (TPSA) is 108 Å². The van der Waals surface area contributed by atoms with E-state index in [9.17, 15) is 9.90 Å². The molecule has 0 saturated heterocycles. The molecular formula is C13H15Br2N3O3. The number of rotatable bonds is 7. The van der Waals surface area contributed by atoms with Crippen molar-refractivity contribution in [3.05, 3.63) is 26.6 Å². The van der Waals surface area contributed by atoms with E-state index in [0.29, 0.717) is 39.8 Å². The minimum absolute atomic E-state index is 0.137. The first-order valence-electron chi connectivity index (χ1n) is 6.17. The van der Waals surface area contributed by atoms with E-state index in [0.717, 1.165) is 0 Å². The molecule has 1 rings (SSSR count). The fraction of sp³-hybridized carbons (Fsp3) is 0.385. The molecule has 4 N–H and O–H groups in total. The van der Waals surface area contributed by atoms with E-state index in [2.05, 4.69) is 37.2 Å². The molecule has 0 spiro atoms. The van der Waals surface area contributed by atoms with Gasteiger partial charge in [0.15, 0.2) is 6.07 Å². The van der Waals surface area contributed by atoms with Gasteiger partial charge in [0.1, 0.15) is 5.75 Å². The standard InChI is InChI=1S/C13H15Br2N3O3/c14-9-4-8(11(19)6-16)5-10(15)13(9)21-3-1-2-18-12(20)7-17/h4-5,11,19H,1-3,6,16H2,(H,18,20)/t11-/m1/s1. The predicted octanol–water partition coefficient (Wildman–Crippen LogP) is 1.61. The first-order valence-corrected chi connectivity index (χ1v) is 7.76. The summed E-state index contributed by atoms with van der Waals surface area (Å²) in [5.41, 5.74) is 6.11. The van der Waals surface area contributed by atoms with Gasteiger partial charge < -0.3 is 20.9 Å². The van der Waals surface area contributed by atoms with Gasteiger partial charge in [0.2, 0.25) is 0 Å². The third-order valence-corrected chi connectivity index (χ3v) is 3.76. The van der Waals surface area contributed by atoms with E-state index in [1.54, 1.807) is 12.1 Å². The Balaban J connectivity index is 2.56. The fourth-order valence-electron chi connectivity index (χ4n) is 1.53. The molecule has 0 aliphatic rings. The maximum atomic E-state index is 10.7. The van der Waals surface area contributed by atoms with Crippen molar-refractivity contribution in [3.8, 4) is 11.8 Å². The van der Waals surface area contributed by atoms with Crippen molar-refractivity contribution in [1.82, 2.24) is 5.32 Å². The highest BCUT2D eigenvalue weighted by molar-refractivity contribution is 9.11. The highest BCUT2D eigenvalue weighted by Gasteiger charge is 2.13. The number of carbonyl (C=O) groups excluding carboxylic acids is 1. The number of carbonyl (C=O) groups is 1. The van der Waals surface area contributed by atoms with Crippen molar-refractivity contribution >= 4 is 37.8 Å². The van der Waals surface area contributed by atoms with Crippen LogP contribution in [-0.2, 0) is 4.79 Å². The zero-order chi connectivity index (χ0) is 15.8. The van der Waals surface area contributed by atoms with E-state index in [4.69, 9.17) is 15.7 Å². The Morgan fingerprint density at radius 2 is 2.10 bits per heavy atom. The SMILES string of the molecule is N#CC(=O)NCCCOc1c(Br)cc([C@H](O)CN)cc1Br. The molecule has 0 aromatic heterocycles. The van der Waals surface area contributed by atoms with Crippen LogP contribution >= 0.6 is 31.9 Å². The van der Waals surface area contributed by atoms with Crippen LogP contribution < -0.4 is 15.8 Å². The van der Waals surface area contributed by atoms with Gasteiger partial charge in [0.25, 0.3) is 0 Å². The summed E-state index contributed by atoms with van der Waals surface area (Å²) in [4.78, 5) is 10.7. The minimum Gasteiger partial charge on any atom is -0.491 e. The Kier molecular flexibility index (Phi) is 7.67. The van der Waals surface area contributed by atoms with E-state index >= 15 is 0 Å². The molecule has 1 aromatic carbocycles. The van der Waals surface area contributed by atoms with Gasteiger partial charge in [0.05, 0.1) is 21.7 Å². The zero-order valence-corrected chi connectivity index (χ0v) is 14.3. The molecule has 0 aliphatic carbocycles. The molecule has 0 heterocycles. The molecule has 0 aliphatic heterocycles. The second kappa shape index (κ2) is 9.00. The summed E-state index contributed by atoms with van der Waals surface area (Å²) in [6.45, 7) is 0.880. The molecule has 6 nitrogen and oxygen atoms in total. The van der Waals surface area contributed by atoms with Crippen molar-refractivity contribution < 1.29 is 14.6 Å². The number of amides is 1. The summed E-state index contributed by atoms with van der Waals surface area (Å²) in [6.07, 6.45) is -0.160. The van der Waals surface area contributed by atoms with Crippen molar-refractivity contribution in [2.45, 2.75) is 12.5 Å². The normalized spacial score (nSPS) is 11.6. The minimum atomic E-state index is -0.729. The van der Waals surface area contributed by atoms with E-state index in [-0.39, 0.29) is 6.54 Å². The van der Waals surface area contributed by atoms with Gasteiger partial charge >= 0.3 is 5.91 Å². The Morgan fingerprint density at radius 3 is 2.62 bits per heavy atom. The number of nitrogens with zero attached hydrogens (tertiary/aromatic N) is 1. The van der Waals surface area contributed by atoms with E-state index in [1.807, 2.05) is 0 Å². The number of benzene rings is 1. The highest BCUT2D eigenvalue weighted by Crippen LogP contribution is 2.36. The molecule has 21 heavy (non-hydrogen) atoms. The molecule has 0 fully saturated rings. The van der Waals surface area contributed by atoms with Crippen LogP contribution in [0.25, 0.3) is 0 Å². The third-order valence-electron chi connectivity index (χ3n) is 2.58. The van der Waals surface area contributed by atoms with Crippen LogP contribution in [0.2, 0.25) is 0 Å². The first kappa shape index (κ1) is 17.9. The van der Waals surface area contributed by atoms with Crippen LogP contribution in [0, 0.1) is 11.3 Å². The van der Waals surface area contributed by atoms with Gasteiger partial charge in [-0.3, -0.25) is 4.79 Å². The van der Waals surface area contributed by atoms with Crippen LogP contribution in [0.15, 0.2) is 21.1 Å². The summed E-state index contributed by atoms with van der Waals surface area (Å²) >= 11 is 6.76. The summed E-state index contributed by atoms with van der Waals surface area (Å²) in [7, 11) is 0. The molecular weight excluding hydrogens is 406 g/mol. The number of nitriles is 1. The molecule has 1 aromatic rings. The Bertz CT molecular complexity index is 523. The zero-order valence-electron chi connectivity index (χ0n) is 11.1. The van der Waals surface area contributed by atoms with Gasteiger partial charge in [-0.05, 0) is 56.0 Å². The number of hydrogen-bond donors (Lipinski definition) is 3. The van der Waals surface area contributed by atoms with E-state index < -0.39 is 12.0 Å². The lowest BCUT2D eigenvalue weighted by molar-refractivity contribution is -0.115. The van der Waals surface area contributed by atoms with Crippen LogP contribution in [0.3, 0.4) is 0 Å². The van der Waals surface area contributed by atoms with Crippen molar-refractivity contribution in [1.29, 1.82) is 5.26 Å². The molecule has 1 atom stereocenters. The second-order valence-corrected chi connectivity index (χ2v) is 5.84. The molecule has 8 heteroatoms. The number of nitrogens with one attached hydrogen (secondary N) is 1. The Morgan fingerprint density at radius 1 is 1.48 bits per heavy atom. The van der Waals surface area contributed by atoms with Crippen LogP contribution in [0.4, 0.5) is 0 Å². The molecule has 114 valence electrons. The molecule has 0 radical (unpaired) electrons. The number of nitrogens with two attached hydrogens (primary N) is 1. The van der Waals surface area contributed by atoms with Gasteiger partial charge in [-0.15, -0.1) is 0 Å². The maximum absolute atomic E-state index is 10.7. The summed E-state index contributed by atoms with van der Waals surface area (Å²) in [5.74, 6) is -0.0490. The lowest BCUT2D eigenvalue weighted by Gasteiger charge is -2.14. The van der Waals surface area contributed by atoms with Gasteiger partial charge in [-0.1, -0.05) is 0 Å². The molecule has 1 amide bonds. The molecule has 0 saturated carbocycles. The summed E-state index contributed by atoms with van der Waals surface area (Å²) in [6, 6.07) is 4.96. The monoisotopic (exact) mass is 419 g/mol. The number of hydrogen-bond acceptors (Lipinski definition) is 5. The quantitative estimate of drug-likeness (QED) is 0.458. The van der Waals surface area contributed by atoms with Crippen molar-refractivity contribution in [2.24, 2.45) is 5.73 Å². The predicted molar refractivity (Wildman–Crippen MR) is 84.6 cm³/mol. The van der Waals surface area contributed by atoms with Crippen molar-refractivity contribution in [2.75, 3.05) is 19.7 Å². The lowest BCUT2D eigenvalue weighted by atomic mass is 10.1. The summed E-state index contributed by atoms with van der Waals surface area (Å²) < 4.78 is 7.00. The number of ether oxygens (including phenoxy) is 1. The summed E-state index contributed by atoms with van der Waals surface area (Å²) in [5, 5.41) is 20.4. The Hall–Kier alpha value is -1.14. The molecule has 0 unspecified atom stereocenters. The van der Waals surface area contributed by atoms with Gasteiger partial charge in [-0.2, -0.15) is 5.26 Å². The average molecular weight is 421 g/mol. The van der Waals surface area contributed by atoms with Crippen LogP contribution in [-0.4, -0.2) is 30.7 Å².